The van der Waals surface area contributed by atoms with Gasteiger partial charge >= 0.3 is 5.97 Å². The summed E-state index contributed by atoms with van der Waals surface area (Å²) >= 11 is 0. The van der Waals surface area contributed by atoms with Crippen molar-refractivity contribution < 1.29 is 23.9 Å². The zero-order valence-electron chi connectivity index (χ0n) is 12.2. The Kier molecular flexibility index (Phi) is 5.30. The highest BCUT2D eigenvalue weighted by molar-refractivity contribution is 5.82. The van der Waals surface area contributed by atoms with Crippen LogP contribution in [0.5, 0.6) is 0 Å². The number of hydrogen-bond acceptors (Lipinski definition) is 5. The van der Waals surface area contributed by atoms with E-state index in [1.807, 2.05) is 25.1 Å². The first-order chi connectivity index (χ1) is 10.1. The summed E-state index contributed by atoms with van der Waals surface area (Å²) in [6.45, 7) is 4.08. The lowest BCUT2D eigenvalue weighted by Gasteiger charge is -2.25. The van der Waals surface area contributed by atoms with Crippen molar-refractivity contribution in [1.29, 1.82) is 0 Å². The molecule has 6 nitrogen and oxygen atoms in total. The number of esters is 1. The standard InChI is InChI=1S/C15H19NO5/c1-3-19-13(17)9-21-16-15(18)14-12-8-10(2)4-5-11(12)6-7-20-14/h4-5,8,14H,3,6-7,9H2,1-2H3,(H,16,18). The van der Waals surface area contributed by atoms with E-state index >= 15 is 0 Å². The van der Waals surface area contributed by atoms with Crippen LogP contribution < -0.4 is 5.48 Å². The average molecular weight is 293 g/mol. The number of benzene rings is 1. The minimum Gasteiger partial charge on any atom is -0.464 e. The first kappa shape index (κ1) is 15.5. The second-order valence-electron chi connectivity index (χ2n) is 4.76. The Labute approximate surface area is 123 Å². The highest BCUT2D eigenvalue weighted by Crippen LogP contribution is 2.28. The van der Waals surface area contributed by atoms with Gasteiger partial charge in [0, 0.05) is 0 Å². The Bertz CT molecular complexity index is 529. The molecular weight excluding hydrogens is 274 g/mol. The highest BCUT2D eigenvalue weighted by atomic mass is 16.7. The lowest BCUT2D eigenvalue weighted by Crippen LogP contribution is -2.35. The smallest absolute Gasteiger partial charge is 0.334 e. The Morgan fingerprint density at radius 3 is 3.00 bits per heavy atom. The minimum absolute atomic E-state index is 0.272. The van der Waals surface area contributed by atoms with Gasteiger partial charge in [0.25, 0.3) is 5.91 Å². The van der Waals surface area contributed by atoms with E-state index in [4.69, 9.17) is 14.3 Å². The van der Waals surface area contributed by atoms with E-state index in [9.17, 15) is 9.59 Å². The molecule has 1 aliphatic heterocycles. The summed E-state index contributed by atoms with van der Waals surface area (Å²) in [5, 5.41) is 0. The monoisotopic (exact) mass is 293 g/mol. The Morgan fingerprint density at radius 2 is 2.24 bits per heavy atom. The van der Waals surface area contributed by atoms with E-state index in [1.165, 1.54) is 0 Å². The summed E-state index contributed by atoms with van der Waals surface area (Å²) in [7, 11) is 0. The number of ether oxygens (including phenoxy) is 2. The minimum atomic E-state index is -0.712. The highest BCUT2D eigenvalue weighted by Gasteiger charge is 2.27. The molecule has 1 amide bonds. The summed E-state index contributed by atoms with van der Waals surface area (Å²) in [4.78, 5) is 28.1. The molecule has 1 N–H and O–H groups in total. The summed E-state index contributed by atoms with van der Waals surface area (Å²) in [6, 6.07) is 5.95. The molecule has 0 spiro atoms. The van der Waals surface area contributed by atoms with Crippen LogP contribution in [0.3, 0.4) is 0 Å². The summed E-state index contributed by atoms with van der Waals surface area (Å²) in [5.74, 6) is -0.954. The van der Waals surface area contributed by atoms with Crippen LogP contribution in [0.25, 0.3) is 0 Å². The van der Waals surface area contributed by atoms with Crippen molar-refractivity contribution in [2.45, 2.75) is 26.4 Å². The maximum atomic E-state index is 12.1. The fourth-order valence-corrected chi connectivity index (χ4v) is 2.20. The molecule has 0 fully saturated rings. The molecule has 0 aromatic heterocycles. The molecule has 114 valence electrons. The SMILES string of the molecule is CCOC(=O)CONC(=O)C1OCCc2ccc(C)cc21. The lowest BCUT2D eigenvalue weighted by atomic mass is 9.95. The van der Waals surface area contributed by atoms with Crippen molar-refractivity contribution in [3.63, 3.8) is 0 Å². The number of aryl methyl sites for hydroxylation is 1. The lowest BCUT2D eigenvalue weighted by molar-refractivity contribution is -0.158. The zero-order chi connectivity index (χ0) is 15.2. The maximum absolute atomic E-state index is 12.1. The number of fused-ring (bicyclic) bond motifs is 1. The molecule has 21 heavy (non-hydrogen) atoms. The van der Waals surface area contributed by atoms with E-state index in [2.05, 4.69) is 5.48 Å². The molecule has 1 unspecified atom stereocenters. The van der Waals surface area contributed by atoms with E-state index in [0.717, 1.165) is 23.1 Å². The largest absolute Gasteiger partial charge is 0.464 e. The van der Waals surface area contributed by atoms with Gasteiger partial charge in [0.2, 0.25) is 0 Å². The second-order valence-corrected chi connectivity index (χ2v) is 4.76. The molecule has 0 aliphatic carbocycles. The number of hydrogen-bond donors (Lipinski definition) is 1. The fraction of sp³-hybridized carbons (Fsp3) is 0.467. The predicted molar refractivity (Wildman–Crippen MR) is 74.3 cm³/mol. The number of amides is 1. The number of carbonyl (C=O) groups excluding carboxylic acids is 2. The van der Waals surface area contributed by atoms with Gasteiger partial charge in [-0.15, -0.1) is 0 Å². The average Bonchev–Trinajstić information content (AvgIpc) is 2.46. The molecule has 0 saturated heterocycles. The van der Waals surface area contributed by atoms with Gasteiger partial charge in [-0.25, -0.2) is 10.3 Å². The molecule has 1 heterocycles. The van der Waals surface area contributed by atoms with Crippen LogP contribution in [-0.4, -0.2) is 31.7 Å². The van der Waals surface area contributed by atoms with Gasteiger partial charge in [-0.05, 0) is 31.4 Å². The van der Waals surface area contributed by atoms with Crippen LogP contribution in [0.15, 0.2) is 18.2 Å². The van der Waals surface area contributed by atoms with Crippen molar-refractivity contribution in [2.75, 3.05) is 19.8 Å². The van der Waals surface area contributed by atoms with E-state index in [1.54, 1.807) is 6.92 Å². The molecular formula is C15H19NO5. The number of rotatable bonds is 5. The molecule has 0 saturated carbocycles. The van der Waals surface area contributed by atoms with Crippen molar-refractivity contribution >= 4 is 11.9 Å². The van der Waals surface area contributed by atoms with E-state index in [-0.39, 0.29) is 13.2 Å². The second kappa shape index (κ2) is 7.19. The fourth-order valence-electron chi connectivity index (χ4n) is 2.20. The van der Waals surface area contributed by atoms with E-state index in [0.29, 0.717) is 6.61 Å². The van der Waals surface area contributed by atoms with Crippen LogP contribution in [0.4, 0.5) is 0 Å². The van der Waals surface area contributed by atoms with Gasteiger partial charge in [-0.2, -0.15) is 0 Å². The molecule has 0 radical (unpaired) electrons. The topological polar surface area (TPSA) is 73.9 Å². The molecule has 2 rings (SSSR count). The third-order valence-electron chi connectivity index (χ3n) is 3.15. The Morgan fingerprint density at radius 1 is 1.43 bits per heavy atom. The van der Waals surface area contributed by atoms with Crippen LogP contribution in [0, 0.1) is 6.92 Å². The summed E-state index contributed by atoms with van der Waals surface area (Å²) in [6.07, 6.45) is 0.0686. The van der Waals surface area contributed by atoms with Crippen molar-refractivity contribution in [1.82, 2.24) is 5.48 Å². The Balaban J connectivity index is 1.95. The van der Waals surface area contributed by atoms with Gasteiger partial charge in [0.05, 0.1) is 13.2 Å². The van der Waals surface area contributed by atoms with Gasteiger partial charge < -0.3 is 9.47 Å². The molecule has 1 aliphatic rings. The normalized spacial score (nSPS) is 17.0. The van der Waals surface area contributed by atoms with Gasteiger partial charge in [-0.1, -0.05) is 23.8 Å². The molecule has 0 bridgehead atoms. The number of nitrogens with one attached hydrogen (secondary N) is 1. The number of hydroxylamine groups is 1. The summed E-state index contributed by atoms with van der Waals surface area (Å²) < 4.78 is 10.2. The third kappa shape index (κ3) is 4.03. The van der Waals surface area contributed by atoms with Gasteiger partial charge in [0.15, 0.2) is 12.7 Å². The Hall–Kier alpha value is -1.92. The summed E-state index contributed by atoms with van der Waals surface area (Å²) in [5.41, 5.74) is 5.24. The van der Waals surface area contributed by atoms with Crippen molar-refractivity contribution in [2.24, 2.45) is 0 Å². The van der Waals surface area contributed by atoms with Crippen LogP contribution in [-0.2, 0) is 30.3 Å². The molecule has 1 aromatic rings. The van der Waals surface area contributed by atoms with Crippen LogP contribution >= 0.6 is 0 Å². The first-order valence-electron chi connectivity index (χ1n) is 6.90. The van der Waals surface area contributed by atoms with Gasteiger partial charge in [0.1, 0.15) is 0 Å². The van der Waals surface area contributed by atoms with Crippen molar-refractivity contribution in [3.05, 3.63) is 34.9 Å². The quantitative estimate of drug-likeness (QED) is 0.652. The molecule has 6 heteroatoms. The zero-order valence-corrected chi connectivity index (χ0v) is 12.2. The van der Waals surface area contributed by atoms with Crippen molar-refractivity contribution in [3.8, 4) is 0 Å². The molecule has 1 atom stereocenters. The first-order valence-corrected chi connectivity index (χ1v) is 6.90. The van der Waals surface area contributed by atoms with Gasteiger partial charge in [-0.3, -0.25) is 9.63 Å². The van der Waals surface area contributed by atoms with Crippen LogP contribution in [0.1, 0.15) is 29.7 Å². The number of carbonyl (C=O) groups is 2. The molecule has 1 aromatic carbocycles. The predicted octanol–water partition coefficient (Wildman–Crippen LogP) is 1.22. The maximum Gasteiger partial charge on any atom is 0.334 e. The van der Waals surface area contributed by atoms with E-state index < -0.39 is 18.0 Å². The third-order valence-corrected chi connectivity index (χ3v) is 3.15. The van der Waals surface area contributed by atoms with Crippen LogP contribution in [0.2, 0.25) is 0 Å².